The monoisotopic (exact) mass is 331 g/mol. The van der Waals surface area contributed by atoms with Gasteiger partial charge in [0, 0.05) is 24.5 Å². The molecule has 2 heterocycles. The minimum atomic E-state index is 0.385. The molecule has 0 saturated heterocycles. The summed E-state index contributed by atoms with van der Waals surface area (Å²) in [5, 5.41) is 8.37. The fourth-order valence-corrected chi connectivity index (χ4v) is 4.36. The van der Waals surface area contributed by atoms with Crippen LogP contribution in [0, 0.1) is 0 Å². The van der Waals surface area contributed by atoms with Crippen LogP contribution in [0.4, 0.5) is 0 Å². The third-order valence-electron chi connectivity index (χ3n) is 4.34. The van der Waals surface area contributed by atoms with E-state index in [1.807, 2.05) is 23.5 Å². The molecule has 1 aliphatic rings. The molecule has 0 bridgehead atoms. The van der Waals surface area contributed by atoms with Crippen molar-refractivity contribution in [3.8, 4) is 5.88 Å². The molecule has 1 atom stereocenters. The molecule has 0 spiro atoms. The van der Waals surface area contributed by atoms with E-state index in [0.717, 1.165) is 30.3 Å². The minimum Gasteiger partial charge on any atom is -0.481 e. The van der Waals surface area contributed by atoms with E-state index < -0.39 is 0 Å². The van der Waals surface area contributed by atoms with Crippen LogP contribution in [-0.4, -0.2) is 22.6 Å². The van der Waals surface area contributed by atoms with E-state index in [-0.39, 0.29) is 0 Å². The van der Waals surface area contributed by atoms with Crippen LogP contribution < -0.4 is 10.1 Å². The van der Waals surface area contributed by atoms with Crippen molar-refractivity contribution in [2.75, 3.05) is 12.9 Å². The Balaban J connectivity index is 1.82. The van der Waals surface area contributed by atoms with E-state index in [4.69, 9.17) is 4.74 Å². The maximum atomic E-state index is 5.57. The second-order valence-electron chi connectivity index (χ2n) is 6.26. The van der Waals surface area contributed by atoms with Crippen molar-refractivity contribution in [1.82, 2.24) is 15.1 Å². The first kappa shape index (κ1) is 16.4. The number of rotatable bonds is 5. The van der Waals surface area contributed by atoms with Gasteiger partial charge >= 0.3 is 0 Å². The van der Waals surface area contributed by atoms with Gasteiger partial charge in [-0.2, -0.15) is 5.10 Å². The number of thioether (sulfide) groups is 1. The lowest BCUT2D eigenvalue weighted by Gasteiger charge is -2.26. The molecule has 23 heavy (non-hydrogen) atoms. The van der Waals surface area contributed by atoms with Crippen molar-refractivity contribution >= 4 is 11.8 Å². The Morgan fingerprint density at radius 2 is 2.17 bits per heavy atom. The average Bonchev–Trinajstić information content (AvgIpc) is 2.88. The van der Waals surface area contributed by atoms with Crippen molar-refractivity contribution in [1.29, 1.82) is 0 Å². The highest BCUT2D eigenvalue weighted by atomic mass is 32.2. The topological polar surface area (TPSA) is 39.1 Å². The molecule has 0 radical (unpaired) electrons. The summed E-state index contributed by atoms with van der Waals surface area (Å²) < 4.78 is 7.42. The molecular formula is C18H25N3OS. The van der Waals surface area contributed by atoms with Crippen LogP contribution in [0.1, 0.15) is 49.0 Å². The molecular weight excluding hydrogens is 306 g/mol. The molecule has 5 heteroatoms. The van der Waals surface area contributed by atoms with Crippen LogP contribution >= 0.6 is 11.8 Å². The molecule has 0 unspecified atom stereocenters. The summed E-state index contributed by atoms with van der Waals surface area (Å²) in [6.07, 6.45) is 1.15. The Kier molecular flexibility index (Phi) is 4.97. The third-order valence-corrected chi connectivity index (χ3v) is 5.47. The van der Waals surface area contributed by atoms with E-state index in [9.17, 15) is 0 Å². The van der Waals surface area contributed by atoms with Gasteiger partial charge in [0.1, 0.15) is 0 Å². The molecule has 1 aliphatic heterocycles. The lowest BCUT2D eigenvalue weighted by atomic mass is 10.0. The molecule has 1 aromatic carbocycles. The highest BCUT2D eigenvalue weighted by molar-refractivity contribution is 7.99. The molecule has 0 aliphatic carbocycles. The number of methoxy groups -OCH3 is 1. The smallest absolute Gasteiger partial charge is 0.216 e. The van der Waals surface area contributed by atoms with Gasteiger partial charge in [0.15, 0.2) is 0 Å². The average molecular weight is 331 g/mol. The van der Waals surface area contributed by atoms with Crippen LogP contribution in [0.2, 0.25) is 0 Å². The fraction of sp³-hybridized carbons (Fsp3) is 0.500. The van der Waals surface area contributed by atoms with Gasteiger partial charge in [-0.1, -0.05) is 32.0 Å². The van der Waals surface area contributed by atoms with Gasteiger partial charge in [0.05, 0.1) is 18.4 Å². The van der Waals surface area contributed by atoms with Crippen molar-refractivity contribution in [2.45, 2.75) is 43.7 Å². The molecule has 0 fully saturated rings. The SMILES string of the molecule is COc1c(CN[C@H]2CCSc3ccccc32)c(C(C)C)nn1C. The van der Waals surface area contributed by atoms with E-state index >= 15 is 0 Å². The zero-order chi connectivity index (χ0) is 16.4. The first-order chi connectivity index (χ1) is 11.1. The van der Waals surface area contributed by atoms with Crippen LogP contribution in [0.15, 0.2) is 29.2 Å². The number of aromatic nitrogens is 2. The van der Waals surface area contributed by atoms with Crippen molar-refractivity contribution in [3.05, 3.63) is 41.1 Å². The van der Waals surface area contributed by atoms with Gasteiger partial charge in [0.2, 0.25) is 5.88 Å². The van der Waals surface area contributed by atoms with E-state index in [2.05, 4.69) is 48.5 Å². The minimum absolute atomic E-state index is 0.385. The Hall–Kier alpha value is -1.46. The second kappa shape index (κ2) is 6.97. The highest BCUT2D eigenvalue weighted by Crippen LogP contribution is 2.36. The van der Waals surface area contributed by atoms with Crippen LogP contribution in [0.25, 0.3) is 0 Å². The number of hydrogen-bond acceptors (Lipinski definition) is 4. The molecule has 3 rings (SSSR count). The number of aryl methyl sites for hydroxylation is 1. The van der Waals surface area contributed by atoms with Gasteiger partial charge in [-0.25, -0.2) is 4.68 Å². The van der Waals surface area contributed by atoms with Gasteiger partial charge in [-0.15, -0.1) is 11.8 Å². The number of ether oxygens (including phenoxy) is 1. The van der Waals surface area contributed by atoms with Crippen molar-refractivity contribution in [3.63, 3.8) is 0 Å². The predicted molar refractivity (Wildman–Crippen MR) is 95.2 cm³/mol. The summed E-state index contributed by atoms with van der Waals surface area (Å²) in [6, 6.07) is 9.11. The number of hydrogen-bond donors (Lipinski definition) is 1. The lowest BCUT2D eigenvalue weighted by molar-refractivity contribution is 0.366. The van der Waals surface area contributed by atoms with Crippen LogP contribution in [-0.2, 0) is 13.6 Å². The van der Waals surface area contributed by atoms with Crippen LogP contribution in [0.5, 0.6) is 5.88 Å². The summed E-state index contributed by atoms with van der Waals surface area (Å²) >= 11 is 1.95. The summed E-state index contributed by atoms with van der Waals surface area (Å²) in [6.45, 7) is 5.14. The summed E-state index contributed by atoms with van der Waals surface area (Å²) in [4.78, 5) is 1.40. The van der Waals surface area contributed by atoms with Gasteiger partial charge < -0.3 is 10.1 Å². The van der Waals surface area contributed by atoms with E-state index in [1.165, 1.54) is 16.0 Å². The quantitative estimate of drug-likeness (QED) is 0.902. The number of benzene rings is 1. The highest BCUT2D eigenvalue weighted by Gasteiger charge is 2.23. The first-order valence-electron chi connectivity index (χ1n) is 8.16. The fourth-order valence-electron chi connectivity index (χ4n) is 3.24. The van der Waals surface area contributed by atoms with Crippen molar-refractivity contribution < 1.29 is 4.74 Å². The normalized spacial score (nSPS) is 17.3. The largest absolute Gasteiger partial charge is 0.481 e. The molecule has 1 N–H and O–H groups in total. The maximum Gasteiger partial charge on any atom is 0.216 e. The van der Waals surface area contributed by atoms with E-state index in [0.29, 0.717) is 12.0 Å². The Morgan fingerprint density at radius 1 is 1.39 bits per heavy atom. The number of fused-ring (bicyclic) bond motifs is 1. The standard InChI is InChI=1S/C18H25N3OS/c1-12(2)17-14(18(22-4)21(3)20-17)11-19-15-9-10-23-16-8-6-5-7-13(15)16/h5-8,12,15,19H,9-11H2,1-4H3/t15-/m0/s1. The van der Waals surface area contributed by atoms with Gasteiger partial charge in [-0.05, 0) is 29.7 Å². The zero-order valence-corrected chi connectivity index (χ0v) is 15.1. The zero-order valence-electron chi connectivity index (χ0n) is 14.3. The lowest BCUT2D eigenvalue weighted by Crippen LogP contribution is -2.24. The molecule has 0 saturated carbocycles. The van der Waals surface area contributed by atoms with Crippen molar-refractivity contribution in [2.24, 2.45) is 7.05 Å². The number of nitrogens with one attached hydrogen (secondary N) is 1. The summed E-state index contributed by atoms with van der Waals surface area (Å²) in [5.41, 5.74) is 3.72. The second-order valence-corrected chi connectivity index (χ2v) is 7.40. The molecule has 0 amide bonds. The predicted octanol–water partition coefficient (Wildman–Crippen LogP) is 3.88. The summed E-state index contributed by atoms with van der Waals surface area (Å²) in [7, 11) is 3.66. The molecule has 1 aromatic heterocycles. The molecule has 4 nitrogen and oxygen atoms in total. The first-order valence-corrected chi connectivity index (χ1v) is 9.15. The number of nitrogens with zero attached hydrogens (tertiary/aromatic N) is 2. The van der Waals surface area contributed by atoms with Crippen LogP contribution in [0.3, 0.4) is 0 Å². The van der Waals surface area contributed by atoms with E-state index in [1.54, 1.807) is 7.11 Å². The van der Waals surface area contributed by atoms with Gasteiger partial charge in [-0.3, -0.25) is 0 Å². The Morgan fingerprint density at radius 3 is 2.91 bits per heavy atom. The Labute approximate surface area is 142 Å². The summed E-state index contributed by atoms with van der Waals surface area (Å²) in [5.74, 6) is 2.41. The Bertz CT molecular complexity index is 681. The third kappa shape index (κ3) is 3.26. The molecule has 124 valence electrons. The molecule has 2 aromatic rings. The maximum absolute atomic E-state index is 5.57. The van der Waals surface area contributed by atoms with Gasteiger partial charge in [0.25, 0.3) is 0 Å².